The summed E-state index contributed by atoms with van der Waals surface area (Å²) in [6, 6.07) is 14.2. The number of carbonyl (C=O) groups excluding carboxylic acids is 1. The van der Waals surface area contributed by atoms with E-state index in [4.69, 9.17) is 9.47 Å². The molecular weight excluding hydrogens is 364 g/mol. The van der Waals surface area contributed by atoms with Crippen LogP contribution >= 0.6 is 0 Å². The molecule has 0 bridgehead atoms. The molecule has 1 aliphatic rings. The third-order valence-electron chi connectivity index (χ3n) is 4.25. The first-order chi connectivity index (χ1) is 12.9. The minimum atomic E-state index is -3.39. The molecule has 0 aromatic heterocycles. The molecular formula is C21H20O5S. The van der Waals surface area contributed by atoms with E-state index in [0.717, 1.165) is 11.1 Å². The number of methoxy groups -OCH3 is 2. The lowest BCUT2D eigenvalue weighted by Crippen LogP contribution is -2.28. The minimum Gasteiger partial charge on any atom is -0.497 e. The Morgan fingerprint density at radius 2 is 1.11 bits per heavy atom. The number of ketones is 1. The van der Waals surface area contributed by atoms with Crippen LogP contribution in [0.3, 0.4) is 0 Å². The first-order valence-corrected chi connectivity index (χ1v) is 10.2. The van der Waals surface area contributed by atoms with Crippen LogP contribution < -0.4 is 9.47 Å². The summed E-state index contributed by atoms with van der Waals surface area (Å²) in [6.45, 7) is 0. The molecule has 0 radical (unpaired) electrons. The number of hydrogen-bond acceptors (Lipinski definition) is 5. The van der Waals surface area contributed by atoms with Crippen molar-refractivity contribution in [1.82, 2.24) is 0 Å². The van der Waals surface area contributed by atoms with Gasteiger partial charge in [-0.1, -0.05) is 24.3 Å². The summed E-state index contributed by atoms with van der Waals surface area (Å²) >= 11 is 0. The summed E-state index contributed by atoms with van der Waals surface area (Å²) in [6.07, 6.45) is 3.25. The van der Waals surface area contributed by atoms with Gasteiger partial charge in [-0.25, -0.2) is 8.42 Å². The summed E-state index contributed by atoms with van der Waals surface area (Å²) in [7, 11) is -0.246. The van der Waals surface area contributed by atoms with Crippen LogP contribution in [-0.4, -0.2) is 39.9 Å². The molecule has 140 valence electrons. The number of hydrogen-bond donors (Lipinski definition) is 0. The largest absolute Gasteiger partial charge is 0.497 e. The molecule has 1 saturated heterocycles. The molecule has 0 atom stereocenters. The number of sulfone groups is 1. The molecule has 2 aromatic carbocycles. The molecule has 27 heavy (non-hydrogen) atoms. The van der Waals surface area contributed by atoms with Crippen molar-refractivity contribution in [3.8, 4) is 11.5 Å². The quantitative estimate of drug-likeness (QED) is 0.758. The van der Waals surface area contributed by atoms with Crippen molar-refractivity contribution >= 4 is 27.8 Å². The second-order valence-electron chi connectivity index (χ2n) is 6.25. The van der Waals surface area contributed by atoms with Crippen molar-refractivity contribution in [2.75, 3.05) is 25.7 Å². The standard InChI is InChI=1S/C21H20O5S/c1-25-19-7-3-15(4-8-19)11-17-13-27(23,24)14-18(21(17)22)12-16-5-9-20(26-2)10-6-16/h3-12H,13-14H2,1-2H3/b17-11-,18-12+. The van der Waals surface area contributed by atoms with E-state index >= 15 is 0 Å². The lowest BCUT2D eigenvalue weighted by Gasteiger charge is -2.17. The molecule has 1 heterocycles. The van der Waals surface area contributed by atoms with Gasteiger partial charge < -0.3 is 9.47 Å². The van der Waals surface area contributed by atoms with E-state index < -0.39 is 9.84 Å². The molecule has 0 aliphatic carbocycles. The molecule has 6 heteroatoms. The zero-order chi connectivity index (χ0) is 19.4. The first-order valence-electron chi connectivity index (χ1n) is 8.34. The lowest BCUT2D eigenvalue weighted by atomic mass is 10.0. The normalized spacial score (nSPS) is 19.3. The van der Waals surface area contributed by atoms with E-state index in [0.29, 0.717) is 11.5 Å². The zero-order valence-corrected chi connectivity index (χ0v) is 16.0. The van der Waals surface area contributed by atoms with Gasteiger partial charge in [0.15, 0.2) is 15.6 Å². The van der Waals surface area contributed by atoms with Crippen LogP contribution in [0.5, 0.6) is 11.5 Å². The molecule has 0 spiro atoms. The Hall–Kier alpha value is -2.86. The van der Waals surface area contributed by atoms with Gasteiger partial charge in [-0.2, -0.15) is 0 Å². The highest BCUT2D eigenvalue weighted by molar-refractivity contribution is 7.92. The second-order valence-corrected chi connectivity index (χ2v) is 8.31. The number of ether oxygens (including phenoxy) is 2. The van der Waals surface area contributed by atoms with Crippen LogP contribution in [0.2, 0.25) is 0 Å². The topological polar surface area (TPSA) is 69.7 Å². The van der Waals surface area contributed by atoms with Crippen LogP contribution in [0.1, 0.15) is 11.1 Å². The Balaban J connectivity index is 1.94. The van der Waals surface area contributed by atoms with Gasteiger partial charge in [-0.05, 0) is 47.5 Å². The van der Waals surface area contributed by atoms with Gasteiger partial charge in [0.25, 0.3) is 0 Å². The van der Waals surface area contributed by atoms with E-state index in [2.05, 4.69) is 0 Å². The van der Waals surface area contributed by atoms with Crippen molar-refractivity contribution in [2.45, 2.75) is 0 Å². The van der Waals surface area contributed by atoms with Crippen LogP contribution in [-0.2, 0) is 14.6 Å². The fraction of sp³-hybridized carbons (Fsp3) is 0.190. The molecule has 0 amide bonds. The third-order valence-corrected chi connectivity index (χ3v) is 5.75. The van der Waals surface area contributed by atoms with Crippen molar-refractivity contribution in [3.63, 3.8) is 0 Å². The fourth-order valence-electron chi connectivity index (χ4n) is 2.88. The Labute approximate surface area is 158 Å². The van der Waals surface area contributed by atoms with Gasteiger partial charge in [0.1, 0.15) is 11.5 Å². The summed E-state index contributed by atoms with van der Waals surface area (Å²) in [5.74, 6) is 0.645. The van der Waals surface area contributed by atoms with E-state index in [1.165, 1.54) is 0 Å². The molecule has 1 aliphatic heterocycles. The van der Waals surface area contributed by atoms with Crippen molar-refractivity contribution < 1.29 is 22.7 Å². The Bertz CT molecular complexity index is 922. The predicted octanol–water partition coefficient (Wildman–Crippen LogP) is 3.17. The molecule has 3 rings (SSSR count). The number of Topliss-reactive ketones (excluding diaryl/α,β-unsaturated/α-hetero) is 1. The molecule has 0 N–H and O–H groups in total. The maximum Gasteiger partial charge on any atom is 0.187 e. The van der Waals surface area contributed by atoms with Crippen LogP contribution in [0, 0.1) is 0 Å². The van der Waals surface area contributed by atoms with Crippen molar-refractivity contribution in [2.24, 2.45) is 0 Å². The highest BCUT2D eigenvalue weighted by Gasteiger charge is 2.30. The zero-order valence-electron chi connectivity index (χ0n) is 15.1. The van der Waals surface area contributed by atoms with Crippen molar-refractivity contribution in [1.29, 1.82) is 0 Å². The molecule has 0 unspecified atom stereocenters. The van der Waals surface area contributed by atoms with E-state index in [9.17, 15) is 13.2 Å². The summed E-state index contributed by atoms with van der Waals surface area (Å²) in [5, 5.41) is 0. The average molecular weight is 384 g/mol. The lowest BCUT2D eigenvalue weighted by molar-refractivity contribution is -0.112. The maximum absolute atomic E-state index is 12.8. The smallest absolute Gasteiger partial charge is 0.187 e. The van der Waals surface area contributed by atoms with E-state index in [-0.39, 0.29) is 28.4 Å². The maximum atomic E-state index is 12.8. The summed E-state index contributed by atoms with van der Waals surface area (Å²) in [4.78, 5) is 12.8. The van der Waals surface area contributed by atoms with Gasteiger partial charge in [0.05, 0.1) is 25.7 Å². The highest BCUT2D eigenvalue weighted by Crippen LogP contribution is 2.25. The number of carbonyl (C=O) groups is 1. The summed E-state index contributed by atoms with van der Waals surface area (Å²) < 4.78 is 34.9. The highest BCUT2D eigenvalue weighted by atomic mass is 32.2. The molecule has 0 saturated carbocycles. The van der Waals surface area contributed by atoms with Gasteiger partial charge >= 0.3 is 0 Å². The fourth-order valence-corrected chi connectivity index (χ4v) is 4.36. The van der Waals surface area contributed by atoms with Crippen LogP contribution in [0.15, 0.2) is 59.7 Å². The van der Waals surface area contributed by atoms with Gasteiger partial charge in [0.2, 0.25) is 0 Å². The predicted molar refractivity (Wildman–Crippen MR) is 106 cm³/mol. The Kier molecular flexibility index (Phi) is 5.46. The van der Waals surface area contributed by atoms with E-state index in [1.807, 2.05) is 0 Å². The minimum absolute atomic E-state index is 0.239. The first kappa shape index (κ1) is 18.9. The van der Waals surface area contributed by atoms with E-state index in [1.54, 1.807) is 74.9 Å². The van der Waals surface area contributed by atoms with Crippen LogP contribution in [0.4, 0.5) is 0 Å². The van der Waals surface area contributed by atoms with Gasteiger partial charge in [-0.15, -0.1) is 0 Å². The number of rotatable bonds is 4. The SMILES string of the molecule is COc1ccc(/C=C2\CS(=O)(=O)C/C(=C/c3ccc(OC)cc3)C2=O)cc1. The third kappa shape index (κ3) is 4.65. The van der Waals surface area contributed by atoms with Crippen molar-refractivity contribution in [3.05, 3.63) is 70.8 Å². The van der Waals surface area contributed by atoms with Gasteiger partial charge in [-0.3, -0.25) is 4.79 Å². The number of benzene rings is 2. The Morgan fingerprint density at radius 1 is 0.741 bits per heavy atom. The molecule has 2 aromatic rings. The summed E-state index contributed by atoms with van der Waals surface area (Å²) in [5.41, 5.74) is 2.04. The van der Waals surface area contributed by atoms with Gasteiger partial charge in [0, 0.05) is 11.1 Å². The monoisotopic (exact) mass is 384 g/mol. The Morgan fingerprint density at radius 3 is 1.44 bits per heavy atom. The second kappa shape index (κ2) is 7.80. The van der Waals surface area contributed by atoms with Crippen LogP contribution in [0.25, 0.3) is 12.2 Å². The average Bonchev–Trinajstić information content (AvgIpc) is 2.66. The molecule has 1 fully saturated rings. The molecule has 5 nitrogen and oxygen atoms in total.